The molecule has 0 atom stereocenters. The molecule has 0 radical (unpaired) electrons. The second kappa shape index (κ2) is 7.71. The van der Waals surface area contributed by atoms with Gasteiger partial charge in [0.05, 0.1) is 29.4 Å². The molecule has 3 heterocycles. The Hall–Kier alpha value is -1.71. The summed E-state index contributed by atoms with van der Waals surface area (Å²) in [5.74, 6) is 0.707. The average Bonchev–Trinajstić information content (AvgIpc) is 3.26. The van der Waals surface area contributed by atoms with Gasteiger partial charge in [0, 0.05) is 10.3 Å². The SMILES string of the molecule is Cc1nc(Cc2nnc(SCC(=O)NCc3cccs3)o2)cs1. The number of hydrogen-bond donors (Lipinski definition) is 1. The van der Waals surface area contributed by atoms with Crippen LogP contribution in [-0.2, 0) is 17.8 Å². The highest BCUT2D eigenvalue weighted by Gasteiger charge is 2.11. The molecule has 0 fully saturated rings. The second-order valence-electron chi connectivity index (χ2n) is 4.64. The molecule has 1 amide bonds. The summed E-state index contributed by atoms with van der Waals surface area (Å²) in [4.78, 5) is 17.3. The summed E-state index contributed by atoms with van der Waals surface area (Å²) in [6.45, 7) is 2.51. The first-order valence-corrected chi connectivity index (χ1v) is 9.59. The average molecular weight is 366 g/mol. The number of aromatic nitrogens is 3. The third-order valence-electron chi connectivity index (χ3n) is 2.81. The Balaban J connectivity index is 1.44. The van der Waals surface area contributed by atoms with E-state index in [-0.39, 0.29) is 11.7 Å². The molecule has 0 aromatic carbocycles. The van der Waals surface area contributed by atoms with Gasteiger partial charge < -0.3 is 9.73 Å². The third-order valence-corrected chi connectivity index (χ3v) is 5.33. The lowest BCUT2D eigenvalue weighted by Crippen LogP contribution is -2.24. The normalized spacial score (nSPS) is 10.8. The van der Waals surface area contributed by atoms with Crippen LogP contribution >= 0.6 is 34.4 Å². The Labute approximate surface area is 145 Å². The molecule has 0 bridgehead atoms. The van der Waals surface area contributed by atoms with Gasteiger partial charge in [0.1, 0.15) is 0 Å². The van der Waals surface area contributed by atoms with Crippen LogP contribution < -0.4 is 5.32 Å². The van der Waals surface area contributed by atoms with Gasteiger partial charge in [0.2, 0.25) is 11.8 Å². The zero-order chi connectivity index (χ0) is 16.1. The summed E-state index contributed by atoms with van der Waals surface area (Å²) < 4.78 is 5.53. The topological polar surface area (TPSA) is 80.9 Å². The van der Waals surface area contributed by atoms with E-state index in [2.05, 4.69) is 20.5 Å². The first-order valence-electron chi connectivity index (χ1n) is 6.84. The Morgan fingerprint density at radius 3 is 3.04 bits per heavy atom. The zero-order valence-corrected chi connectivity index (χ0v) is 14.8. The molecular weight excluding hydrogens is 352 g/mol. The molecule has 3 rings (SSSR count). The maximum absolute atomic E-state index is 11.8. The molecule has 0 aliphatic heterocycles. The van der Waals surface area contributed by atoms with Crippen LogP contribution in [0, 0.1) is 6.92 Å². The van der Waals surface area contributed by atoms with Crippen molar-refractivity contribution in [1.29, 1.82) is 0 Å². The van der Waals surface area contributed by atoms with Gasteiger partial charge in [-0.05, 0) is 18.4 Å². The number of nitrogens with one attached hydrogen (secondary N) is 1. The van der Waals surface area contributed by atoms with E-state index in [9.17, 15) is 4.79 Å². The number of carbonyl (C=O) groups excluding carboxylic acids is 1. The quantitative estimate of drug-likeness (QED) is 0.648. The van der Waals surface area contributed by atoms with Crippen molar-refractivity contribution in [2.24, 2.45) is 0 Å². The number of rotatable bonds is 7. The van der Waals surface area contributed by atoms with Crippen molar-refractivity contribution in [3.8, 4) is 0 Å². The first-order chi connectivity index (χ1) is 11.2. The van der Waals surface area contributed by atoms with Crippen LogP contribution in [0.2, 0.25) is 0 Å². The zero-order valence-electron chi connectivity index (χ0n) is 12.3. The molecule has 0 aliphatic rings. The van der Waals surface area contributed by atoms with Crippen molar-refractivity contribution in [2.75, 3.05) is 5.75 Å². The van der Waals surface area contributed by atoms with Gasteiger partial charge in [-0.3, -0.25) is 4.79 Å². The van der Waals surface area contributed by atoms with Gasteiger partial charge in [-0.1, -0.05) is 17.8 Å². The highest BCUT2D eigenvalue weighted by Crippen LogP contribution is 2.18. The predicted octanol–water partition coefficient (Wildman–Crippen LogP) is 2.90. The fourth-order valence-electron chi connectivity index (χ4n) is 1.79. The summed E-state index contributed by atoms with van der Waals surface area (Å²) in [6, 6.07) is 3.95. The highest BCUT2D eigenvalue weighted by atomic mass is 32.2. The number of hydrogen-bond acceptors (Lipinski definition) is 8. The van der Waals surface area contributed by atoms with E-state index in [1.165, 1.54) is 11.8 Å². The number of aryl methyl sites for hydroxylation is 1. The van der Waals surface area contributed by atoms with Crippen LogP contribution in [0.3, 0.4) is 0 Å². The lowest BCUT2D eigenvalue weighted by atomic mass is 10.3. The fourth-order valence-corrected chi connectivity index (χ4v) is 3.66. The van der Waals surface area contributed by atoms with Gasteiger partial charge in [-0.25, -0.2) is 4.98 Å². The van der Waals surface area contributed by atoms with E-state index >= 15 is 0 Å². The molecule has 120 valence electrons. The summed E-state index contributed by atoms with van der Waals surface area (Å²) in [7, 11) is 0. The number of thioether (sulfide) groups is 1. The maximum Gasteiger partial charge on any atom is 0.277 e. The minimum atomic E-state index is -0.0572. The Morgan fingerprint density at radius 2 is 2.30 bits per heavy atom. The molecule has 1 N–H and O–H groups in total. The van der Waals surface area contributed by atoms with Crippen molar-refractivity contribution < 1.29 is 9.21 Å². The van der Waals surface area contributed by atoms with Crippen LogP contribution in [0.1, 0.15) is 21.5 Å². The van der Waals surface area contributed by atoms with Gasteiger partial charge in [0.25, 0.3) is 5.22 Å². The van der Waals surface area contributed by atoms with Crippen LogP contribution in [0.15, 0.2) is 32.5 Å². The van der Waals surface area contributed by atoms with Crippen LogP contribution in [0.4, 0.5) is 0 Å². The lowest BCUT2D eigenvalue weighted by molar-refractivity contribution is -0.118. The fraction of sp³-hybridized carbons (Fsp3) is 0.286. The number of thiazole rings is 1. The Kier molecular flexibility index (Phi) is 5.42. The Bertz CT molecular complexity index is 767. The summed E-state index contributed by atoms with van der Waals surface area (Å²) >= 11 is 4.44. The van der Waals surface area contributed by atoms with Crippen LogP contribution in [-0.4, -0.2) is 26.8 Å². The number of amides is 1. The molecule has 23 heavy (non-hydrogen) atoms. The molecule has 9 heteroatoms. The second-order valence-corrected chi connectivity index (χ2v) is 7.66. The number of nitrogens with zero attached hydrogens (tertiary/aromatic N) is 3. The van der Waals surface area contributed by atoms with Crippen molar-refractivity contribution in [1.82, 2.24) is 20.5 Å². The van der Waals surface area contributed by atoms with E-state index in [0.29, 0.717) is 24.1 Å². The molecule has 6 nitrogen and oxygen atoms in total. The molecule has 0 aliphatic carbocycles. The summed E-state index contributed by atoms with van der Waals surface area (Å²) in [5, 5.41) is 16.2. The third kappa shape index (κ3) is 4.88. The van der Waals surface area contributed by atoms with E-state index < -0.39 is 0 Å². The van der Waals surface area contributed by atoms with E-state index in [1.54, 1.807) is 22.7 Å². The van der Waals surface area contributed by atoms with E-state index in [1.807, 2.05) is 29.8 Å². The van der Waals surface area contributed by atoms with Crippen molar-refractivity contribution in [2.45, 2.75) is 25.1 Å². The Morgan fingerprint density at radius 1 is 1.39 bits per heavy atom. The van der Waals surface area contributed by atoms with Gasteiger partial charge in [-0.2, -0.15) is 0 Å². The number of carbonyl (C=O) groups is 1. The van der Waals surface area contributed by atoms with Gasteiger partial charge in [0.15, 0.2) is 0 Å². The summed E-state index contributed by atoms with van der Waals surface area (Å²) in [6.07, 6.45) is 0.516. The molecular formula is C14H14N4O2S3. The maximum atomic E-state index is 11.8. The van der Waals surface area contributed by atoms with Crippen LogP contribution in [0.5, 0.6) is 0 Å². The van der Waals surface area contributed by atoms with E-state index in [4.69, 9.17) is 4.42 Å². The highest BCUT2D eigenvalue weighted by molar-refractivity contribution is 7.99. The molecule has 0 unspecified atom stereocenters. The van der Waals surface area contributed by atoms with Crippen molar-refractivity contribution >= 4 is 40.3 Å². The minimum Gasteiger partial charge on any atom is -0.416 e. The molecule has 0 saturated heterocycles. The first kappa shape index (κ1) is 16.2. The van der Waals surface area contributed by atoms with E-state index in [0.717, 1.165) is 15.6 Å². The lowest BCUT2D eigenvalue weighted by Gasteiger charge is -2.01. The van der Waals surface area contributed by atoms with Crippen LogP contribution in [0.25, 0.3) is 0 Å². The molecule has 0 saturated carbocycles. The molecule has 3 aromatic rings. The van der Waals surface area contributed by atoms with Gasteiger partial charge >= 0.3 is 0 Å². The smallest absolute Gasteiger partial charge is 0.277 e. The molecule has 3 aromatic heterocycles. The minimum absolute atomic E-state index is 0.0572. The summed E-state index contributed by atoms with van der Waals surface area (Å²) in [5.41, 5.74) is 0.918. The predicted molar refractivity (Wildman–Crippen MR) is 90.8 cm³/mol. The largest absolute Gasteiger partial charge is 0.416 e. The standard InChI is InChI=1S/C14H14N4O2S3/c1-9-16-10(7-22-9)5-13-17-18-14(20-13)23-8-12(19)15-6-11-3-2-4-21-11/h2-4,7H,5-6,8H2,1H3,(H,15,19). The number of thiophene rings is 1. The van der Waals surface area contributed by atoms with Crippen molar-refractivity contribution in [3.05, 3.63) is 44.4 Å². The molecule has 0 spiro atoms. The monoisotopic (exact) mass is 366 g/mol. The van der Waals surface area contributed by atoms with Crippen molar-refractivity contribution in [3.63, 3.8) is 0 Å². The van der Waals surface area contributed by atoms with Gasteiger partial charge in [-0.15, -0.1) is 32.9 Å².